The van der Waals surface area contributed by atoms with Gasteiger partial charge < -0.3 is 9.80 Å². The molecule has 79 heavy (non-hydrogen) atoms. The van der Waals surface area contributed by atoms with Gasteiger partial charge in [-0.2, -0.15) is 0 Å². The van der Waals surface area contributed by atoms with E-state index < -0.39 is 5.41 Å². The van der Waals surface area contributed by atoms with Crippen LogP contribution in [0.1, 0.15) is 22.3 Å². The molecule has 0 fully saturated rings. The highest BCUT2D eigenvalue weighted by Gasteiger charge is 2.53. The Labute approximate surface area is 460 Å². The molecule has 14 aromatic carbocycles. The van der Waals surface area contributed by atoms with Gasteiger partial charge in [-0.15, -0.1) is 0 Å². The maximum Gasteiger partial charge on any atom is 0.0746 e. The Balaban J connectivity index is 0.941. The molecule has 0 aliphatic heterocycles. The van der Waals surface area contributed by atoms with Gasteiger partial charge in [0.15, 0.2) is 0 Å². The molecule has 0 saturated carbocycles. The minimum atomic E-state index is -0.696. The zero-order valence-corrected chi connectivity index (χ0v) is 43.3. The summed E-state index contributed by atoms with van der Waals surface area (Å²) < 4.78 is 0. The molecule has 1 spiro atoms. The summed E-state index contributed by atoms with van der Waals surface area (Å²) >= 11 is 0. The average molecular weight is 1000 g/mol. The molecule has 0 radical (unpaired) electrons. The maximum atomic E-state index is 2.55. The SMILES string of the molecule is c1ccc2c(c1)-c1ccc(N(c3ccc(-c4cccc5ccccc45)cc3)c3cccc4ccccc34)cc1C21c2ccccc2-c2cccc(N(c3ccc(-c4cccc5ccccc45)cc3)c3cccc4ccccc34)c21. The van der Waals surface area contributed by atoms with Gasteiger partial charge in [0.05, 0.1) is 22.5 Å². The highest BCUT2D eigenvalue weighted by atomic mass is 15.2. The second-order valence-electron chi connectivity index (χ2n) is 21.1. The molecular weight excluding hydrogens is 953 g/mol. The van der Waals surface area contributed by atoms with Crippen LogP contribution in [-0.2, 0) is 5.41 Å². The molecule has 2 aliphatic rings. The van der Waals surface area contributed by atoms with Crippen LogP contribution in [0.15, 0.2) is 303 Å². The molecule has 0 amide bonds. The van der Waals surface area contributed by atoms with Crippen LogP contribution in [0, 0.1) is 0 Å². The molecule has 0 saturated heterocycles. The maximum absolute atomic E-state index is 2.55. The van der Waals surface area contributed by atoms with Crippen LogP contribution < -0.4 is 9.80 Å². The highest BCUT2D eigenvalue weighted by Crippen LogP contribution is 2.66. The van der Waals surface area contributed by atoms with Crippen molar-refractivity contribution in [3.63, 3.8) is 0 Å². The number of nitrogens with zero attached hydrogens (tertiary/aromatic N) is 2. The first-order valence-electron chi connectivity index (χ1n) is 27.4. The first-order valence-corrected chi connectivity index (χ1v) is 27.4. The average Bonchev–Trinajstić information content (AvgIpc) is 3.68. The molecule has 0 N–H and O–H groups in total. The van der Waals surface area contributed by atoms with E-state index >= 15 is 0 Å². The van der Waals surface area contributed by atoms with E-state index in [1.807, 2.05) is 0 Å². The quantitative estimate of drug-likeness (QED) is 0.150. The lowest BCUT2D eigenvalue weighted by atomic mass is 9.69. The van der Waals surface area contributed by atoms with Crippen molar-refractivity contribution in [3.8, 4) is 44.5 Å². The highest BCUT2D eigenvalue weighted by molar-refractivity contribution is 6.06. The van der Waals surface area contributed by atoms with Gasteiger partial charge >= 0.3 is 0 Å². The fourth-order valence-electron chi connectivity index (χ4n) is 13.7. The third kappa shape index (κ3) is 6.84. The van der Waals surface area contributed by atoms with Gasteiger partial charge in [0.1, 0.15) is 0 Å². The van der Waals surface area contributed by atoms with Gasteiger partial charge in [-0.1, -0.05) is 249 Å². The lowest BCUT2D eigenvalue weighted by Crippen LogP contribution is -2.28. The summed E-state index contributed by atoms with van der Waals surface area (Å²) in [7, 11) is 0. The van der Waals surface area contributed by atoms with Crippen molar-refractivity contribution < 1.29 is 0 Å². The second kappa shape index (κ2) is 17.9. The summed E-state index contributed by atoms with van der Waals surface area (Å²) in [4.78, 5) is 5.03. The molecule has 14 aromatic rings. The molecule has 368 valence electrons. The lowest BCUT2D eigenvalue weighted by Gasteiger charge is -2.36. The molecule has 2 heteroatoms. The minimum absolute atomic E-state index is 0.696. The zero-order valence-electron chi connectivity index (χ0n) is 43.3. The van der Waals surface area contributed by atoms with Crippen molar-refractivity contribution >= 4 is 77.2 Å². The van der Waals surface area contributed by atoms with Crippen molar-refractivity contribution in [2.75, 3.05) is 9.80 Å². The number of benzene rings is 14. The zero-order chi connectivity index (χ0) is 52.0. The lowest BCUT2D eigenvalue weighted by molar-refractivity contribution is 0.793. The van der Waals surface area contributed by atoms with Crippen molar-refractivity contribution in [2.45, 2.75) is 5.41 Å². The Hall–Kier alpha value is -10.3. The Bertz CT molecular complexity index is 4710. The number of hydrogen-bond donors (Lipinski definition) is 0. The molecule has 16 rings (SSSR count). The van der Waals surface area contributed by atoms with E-state index in [2.05, 4.69) is 313 Å². The van der Waals surface area contributed by atoms with Crippen LogP contribution in [0.5, 0.6) is 0 Å². The van der Waals surface area contributed by atoms with Gasteiger partial charge in [-0.3, -0.25) is 0 Å². The van der Waals surface area contributed by atoms with E-state index in [0.717, 1.165) is 34.1 Å². The normalized spacial score (nSPS) is 13.9. The van der Waals surface area contributed by atoms with Crippen molar-refractivity contribution in [1.82, 2.24) is 0 Å². The molecule has 2 aliphatic carbocycles. The van der Waals surface area contributed by atoms with Crippen LogP contribution in [0.3, 0.4) is 0 Å². The Morgan fingerprint density at radius 2 is 0.570 bits per heavy atom. The summed E-state index contributed by atoms with van der Waals surface area (Å²) in [5.74, 6) is 0. The first-order chi connectivity index (χ1) is 39.2. The molecule has 0 heterocycles. The Morgan fingerprint density at radius 3 is 1.13 bits per heavy atom. The molecular formula is C77H50N2. The topological polar surface area (TPSA) is 6.48 Å². The van der Waals surface area contributed by atoms with Gasteiger partial charge in [0.25, 0.3) is 0 Å². The largest absolute Gasteiger partial charge is 0.310 e. The van der Waals surface area contributed by atoms with Crippen molar-refractivity contribution in [3.05, 3.63) is 326 Å². The standard InChI is InChI=1S/C77H50N2/c1-5-26-60-51(18-1)22-13-32-62(60)55-40-44-57(45-41-55)78(73-37-15-24-53-20-3-7-28-64(53)73)59-48-49-68-66-30-9-11-35-70(66)77(72(68)50-59)71-36-12-10-31-67(71)69-34-17-39-75(76(69)77)79(74-38-16-25-54-21-4-8-29-65(54)74)58-46-42-56(43-47-58)63-33-14-23-52-19-2-6-27-61(52)63/h1-50H. The van der Waals surface area contributed by atoms with Crippen LogP contribution in [-0.4, -0.2) is 0 Å². The number of hydrogen-bond acceptors (Lipinski definition) is 2. The number of rotatable bonds is 8. The van der Waals surface area contributed by atoms with E-state index in [4.69, 9.17) is 0 Å². The van der Waals surface area contributed by atoms with E-state index in [-0.39, 0.29) is 0 Å². The molecule has 1 unspecified atom stereocenters. The smallest absolute Gasteiger partial charge is 0.0746 e. The monoisotopic (exact) mass is 1000 g/mol. The molecule has 1 atom stereocenters. The summed E-state index contributed by atoms with van der Waals surface area (Å²) in [5.41, 5.74) is 21.0. The van der Waals surface area contributed by atoms with Crippen LogP contribution in [0.25, 0.3) is 87.6 Å². The predicted octanol–water partition coefficient (Wildman–Crippen LogP) is 20.9. The van der Waals surface area contributed by atoms with Crippen molar-refractivity contribution in [1.29, 1.82) is 0 Å². The molecule has 2 nitrogen and oxygen atoms in total. The number of anilines is 6. The van der Waals surface area contributed by atoms with Crippen LogP contribution in [0.2, 0.25) is 0 Å². The van der Waals surface area contributed by atoms with E-state index in [0.29, 0.717) is 0 Å². The van der Waals surface area contributed by atoms with E-state index in [1.54, 1.807) is 0 Å². The second-order valence-corrected chi connectivity index (χ2v) is 21.1. The van der Waals surface area contributed by atoms with Gasteiger partial charge in [0.2, 0.25) is 0 Å². The molecule has 0 aromatic heterocycles. The van der Waals surface area contributed by atoms with Gasteiger partial charge in [-0.25, -0.2) is 0 Å². The fraction of sp³-hybridized carbons (Fsp3) is 0.0130. The molecule has 0 bridgehead atoms. The Morgan fingerprint density at radius 1 is 0.215 bits per heavy atom. The fourth-order valence-corrected chi connectivity index (χ4v) is 13.7. The van der Waals surface area contributed by atoms with E-state index in [9.17, 15) is 0 Å². The van der Waals surface area contributed by atoms with Gasteiger partial charge in [0, 0.05) is 33.4 Å². The third-order valence-electron chi connectivity index (χ3n) is 17.0. The van der Waals surface area contributed by atoms with E-state index in [1.165, 1.54) is 110 Å². The van der Waals surface area contributed by atoms with Crippen LogP contribution in [0.4, 0.5) is 34.1 Å². The summed E-state index contributed by atoms with van der Waals surface area (Å²) in [6, 6.07) is 113. The Kier molecular flexibility index (Phi) is 10.2. The predicted molar refractivity (Wildman–Crippen MR) is 333 cm³/mol. The van der Waals surface area contributed by atoms with Gasteiger partial charge in [-0.05, 0) is 148 Å². The summed E-state index contributed by atoms with van der Waals surface area (Å²) in [5, 5.41) is 9.76. The summed E-state index contributed by atoms with van der Waals surface area (Å²) in [6.45, 7) is 0. The van der Waals surface area contributed by atoms with Crippen LogP contribution >= 0.6 is 0 Å². The minimum Gasteiger partial charge on any atom is -0.310 e. The summed E-state index contributed by atoms with van der Waals surface area (Å²) in [6.07, 6.45) is 0. The number of fused-ring (bicyclic) bond motifs is 14. The third-order valence-corrected chi connectivity index (χ3v) is 17.0. The first kappa shape index (κ1) is 45.0. The van der Waals surface area contributed by atoms with Crippen molar-refractivity contribution in [2.24, 2.45) is 0 Å².